The van der Waals surface area contributed by atoms with Gasteiger partial charge in [0.15, 0.2) is 0 Å². The highest BCUT2D eigenvalue weighted by atomic mass is 16.5. The van der Waals surface area contributed by atoms with Gasteiger partial charge in [-0.15, -0.1) is 0 Å². The number of piperazine rings is 1. The Morgan fingerprint density at radius 3 is 2.72 bits per heavy atom. The van der Waals surface area contributed by atoms with Gasteiger partial charge in [0.2, 0.25) is 0 Å². The molecule has 7 nitrogen and oxygen atoms in total. The maximum absolute atomic E-state index is 9.54. The first kappa shape index (κ1) is 23.2. The number of hydrogen-bond acceptors (Lipinski definition) is 7. The summed E-state index contributed by atoms with van der Waals surface area (Å²) in [6, 6.07) is 20.4. The molecule has 3 fully saturated rings. The number of pyridine rings is 1. The molecule has 186 valence electrons. The largest absolute Gasteiger partial charge is 0.371 e. The van der Waals surface area contributed by atoms with Crippen molar-refractivity contribution < 1.29 is 4.74 Å². The molecule has 36 heavy (non-hydrogen) atoms. The van der Waals surface area contributed by atoms with Crippen molar-refractivity contribution in [2.75, 3.05) is 62.2 Å². The molecule has 0 aliphatic carbocycles. The lowest BCUT2D eigenvalue weighted by molar-refractivity contribution is 0.0277. The van der Waals surface area contributed by atoms with E-state index in [1.165, 1.54) is 16.9 Å². The summed E-state index contributed by atoms with van der Waals surface area (Å²) >= 11 is 0. The summed E-state index contributed by atoms with van der Waals surface area (Å²) < 4.78 is 5.92. The van der Waals surface area contributed by atoms with Crippen LogP contribution in [0.3, 0.4) is 0 Å². The first-order valence-corrected chi connectivity index (χ1v) is 13.2. The van der Waals surface area contributed by atoms with Gasteiger partial charge >= 0.3 is 0 Å². The van der Waals surface area contributed by atoms with E-state index in [0.29, 0.717) is 17.6 Å². The van der Waals surface area contributed by atoms with Gasteiger partial charge in [0.05, 0.1) is 23.8 Å². The summed E-state index contributed by atoms with van der Waals surface area (Å²) in [4.78, 5) is 12.3. The van der Waals surface area contributed by atoms with Crippen molar-refractivity contribution in [3.63, 3.8) is 0 Å². The topological polar surface area (TPSA) is 67.7 Å². The molecule has 6 rings (SSSR count). The van der Waals surface area contributed by atoms with Crippen LogP contribution >= 0.6 is 0 Å². The van der Waals surface area contributed by atoms with Gasteiger partial charge in [0, 0.05) is 80.9 Å². The van der Waals surface area contributed by atoms with E-state index in [1.54, 1.807) is 6.20 Å². The standard InChI is InChI=1S/C29H34N6O/c1-21-19-34(27-9-6-23(17-30)29-26(27)3-2-11-32-29)20-25-10-13-33(14-15-35(21)25)24-7-4-22(5-8-24)28-18-31-12-16-36-28/h2-9,11,21,25,28,31H,10,12-16,18-20H2,1H3. The third-order valence-electron chi connectivity index (χ3n) is 8.08. The summed E-state index contributed by atoms with van der Waals surface area (Å²) in [7, 11) is 0. The molecule has 1 N–H and O–H groups in total. The van der Waals surface area contributed by atoms with Crippen LogP contribution in [0.15, 0.2) is 54.7 Å². The summed E-state index contributed by atoms with van der Waals surface area (Å²) in [5.41, 5.74) is 5.20. The molecule has 0 bridgehead atoms. The highest BCUT2D eigenvalue weighted by Gasteiger charge is 2.35. The molecule has 3 unspecified atom stereocenters. The molecular weight excluding hydrogens is 448 g/mol. The summed E-state index contributed by atoms with van der Waals surface area (Å²) in [5, 5.41) is 14.0. The molecule has 2 aromatic carbocycles. The van der Waals surface area contributed by atoms with Crippen molar-refractivity contribution in [2.45, 2.75) is 31.5 Å². The Balaban J connectivity index is 1.18. The second kappa shape index (κ2) is 10.1. The summed E-state index contributed by atoms with van der Waals surface area (Å²) in [6.07, 6.45) is 3.07. The zero-order valence-corrected chi connectivity index (χ0v) is 20.9. The fraction of sp³-hybridized carbons (Fsp3) is 0.448. The van der Waals surface area contributed by atoms with E-state index in [4.69, 9.17) is 4.74 Å². The minimum atomic E-state index is 0.159. The van der Waals surface area contributed by atoms with Crippen molar-refractivity contribution in [3.05, 3.63) is 65.9 Å². The van der Waals surface area contributed by atoms with Crippen LogP contribution in [0, 0.1) is 11.3 Å². The number of nitrogens with one attached hydrogen (secondary N) is 1. The minimum absolute atomic E-state index is 0.159. The SMILES string of the molecule is CC1CN(c2ccc(C#N)c3ncccc23)CC2CCN(c3ccc(C4CNCCO4)cc3)CCN12. The number of aromatic nitrogens is 1. The molecule has 0 spiro atoms. The molecule has 0 amide bonds. The van der Waals surface area contributed by atoms with Gasteiger partial charge < -0.3 is 19.9 Å². The Labute approximate surface area is 213 Å². The Hall–Kier alpha value is -3.18. The number of nitrogens with zero attached hydrogens (tertiary/aromatic N) is 5. The molecule has 3 atom stereocenters. The van der Waals surface area contributed by atoms with Crippen molar-refractivity contribution in [1.82, 2.24) is 15.2 Å². The Morgan fingerprint density at radius 2 is 1.92 bits per heavy atom. The second-order valence-corrected chi connectivity index (χ2v) is 10.2. The van der Waals surface area contributed by atoms with E-state index in [9.17, 15) is 5.26 Å². The van der Waals surface area contributed by atoms with Crippen molar-refractivity contribution >= 4 is 22.3 Å². The van der Waals surface area contributed by atoms with Crippen LogP contribution in [0.4, 0.5) is 11.4 Å². The molecule has 3 aliphatic heterocycles. The highest BCUT2D eigenvalue weighted by Crippen LogP contribution is 2.33. The second-order valence-electron chi connectivity index (χ2n) is 10.2. The number of rotatable bonds is 3. The minimum Gasteiger partial charge on any atom is -0.371 e. The quantitative estimate of drug-likeness (QED) is 0.612. The van der Waals surface area contributed by atoms with Crippen molar-refractivity contribution in [2.24, 2.45) is 0 Å². The monoisotopic (exact) mass is 482 g/mol. The average molecular weight is 483 g/mol. The van der Waals surface area contributed by atoms with E-state index in [-0.39, 0.29) is 6.10 Å². The normalized spacial score (nSPS) is 25.3. The number of benzene rings is 2. The van der Waals surface area contributed by atoms with Crippen molar-refractivity contribution in [1.29, 1.82) is 5.26 Å². The lowest BCUT2D eigenvalue weighted by Gasteiger charge is -2.46. The van der Waals surface area contributed by atoms with Gasteiger partial charge in [0.25, 0.3) is 0 Å². The maximum Gasteiger partial charge on any atom is 0.101 e. The lowest BCUT2D eigenvalue weighted by atomic mass is 10.0. The third kappa shape index (κ3) is 4.41. The first-order chi connectivity index (χ1) is 17.7. The summed E-state index contributed by atoms with van der Waals surface area (Å²) in [6.45, 7) is 10.1. The van der Waals surface area contributed by atoms with Crippen LogP contribution < -0.4 is 15.1 Å². The fourth-order valence-corrected chi connectivity index (χ4v) is 6.19. The Bertz CT molecular complexity index is 1250. The molecule has 3 aliphatic rings. The van der Waals surface area contributed by atoms with E-state index in [0.717, 1.165) is 69.7 Å². The Kier molecular flexibility index (Phi) is 6.49. The van der Waals surface area contributed by atoms with Crippen LogP contribution in [0.1, 0.15) is 30.6 Å². The zero-order valence-electron chi connectivity index (χ0n) is 20.9. The van der Waals surface area contributed by atoms with Gasteiger partial charge in [-0.3, -0.25) is 9.88 Å². The number of ether oxygens (including phenoxy) is 1. The van der Waals surface area contributed by atoms with E-state index in [2.05, 4.69) is 74.4 Å². The van der Waals surface area contributed by atoms with Crippen LogP contribution in [-0.4, -0.2) is 74.4 Å². The first-order valence-electron chi connectivity index (χ1n) is 13.2. The van der Waals surface area contributed by atoms with Crippen molar-refractivity contribution in [3.8, 4) is 6.07 Å². The third-order valence-corrected chi connectivity index (χ3v) is 8.08. The van der Waals surface area contributed by atoms with Gasteiger partial charge in [-0.05, 0) is 55.3 Å². The molecule has 3 saturated heterocycles. The fourth-order valence-electron chi connectivity index (χ4n) is 6.19. The maximum atomic E-state index is 9.54. The molecular formula is C29H34N6O. The van der Waals surface area contributed by atoms with Gasteiger partial charge in [-0.25, -0.2) is 0 Å². The van der Waals surface area contributed by atoms with E-state index < -0.39 is 0 Å². The lowest BCUT2D eigenvalue weighted by Crippen LogP contribution is -2.58. The van der Waals surface area contributed by atoms with E-state index in [1.807, 2.05) is 12.1 Å². The predicted molar refractivity (Wildman–Crippen MR) is 143 cm³/mol. The number of nitriles is 1. The molecule has 7 heteroatoms. The average Bonchev–Trinajstić information content (AvgIpc) is 3.16. The van der Waals surface area contributed by atoms with E-state index >= 15 is 0 Å². The highest BCUT2D eigenvalue weighted by molar-refractivity contribution is 5.95. The molecule has 0 saturated carbocycles. The number of fused-ring (bicyclic) bond motifs is 2. The number of hydrogen-bond donors (Lipinski definition) is 1. The molecule has 4 heterocycles. The van der Waals surface area contributed by atoms with Crippen LogP contribution in [0.2, 0.25) is 0 Å². The Morgan fingerprint density at radius 1 is 1.03 bits per heavy atom. The van der Waals surface area contributed by atoms with Crippen LogP contribution in [0.25, 0.3) is 10.9 Å². The smallest absolute Gasteiger partial charge is 0.101 e. The number of anilines is 2. The molecule has 3 aromatic rings. The predicted octanol–water partition coefficient (Wildman–Crippen LogP) is 3.56. The van der Waals surface area contributed by atoms with Gasteiger partial charge in [-0.2, -0.15) is 5.26 Å². The zero-order chi connectivity index (χ0) is 24.5. The summed E-state index contributed by atoms with van der Waals surface area (Å²) in [5.74, 6) is 0. The van der Waals surface area contributed by atoms with Crippen LogP contribution in [0.5, 0.6) is 0 Å². The van der Waals surface area contributed by atoms with Gasteiger partial charge in [-0.1, -0.05) is 12.1 Å². The van der Waals surface area contributed by atoms with Crippen LogP contribution in [-0.2, 0) is 4.74 Å². The molecule has 1 aromatic heterocycles. The molecule has 0 radical (unpaired) electrons. The van der Waals surface area contributed by atoms with Gasteiger partial charge in [0.1, 0.15) is 6.07 Å². The number of morpholine rings is 1.